The minimum absolute atomic E-state index is 0.237. The first-order valence-corrected chi connectivity index (χ1v) is 7.81. The molecule has 0 bridgehead atoms. The van der Waals surface area contributed by atoms with Crippen LogP contribution in [0.2, 0.25) is 0 Å². The number of esters is 1. The summed E-state index contributed by atoms with van der Waals surface area (Å²) in [6.45, 7) is 1.11. The van der Waals surface area contributed by atoms with Gasteiger partial charge in [0.2, 0.25) is 0 Å². The third-order valence-electron chi connectivity index (χ3n) is 3.95. The molecule has 1 heterocycles. The zero-order valence-corrected chi connectivity index (χ0v) is 14.0. The number of carbonyl (C=O) groups is 2. The van der Waals surface area contributed by atoms with Crippen molar-refractivity contribution in [3.8, 4) is 5.75 Å². The van der Waals surface area contributed by atoms with Gasteiger partial charge in [-0.1, -0.05) is 0 Å². The predicted molar refractivity (Wildman–Crippen MR) is 95.6 cm³/mol. The first kappa shape index (κ1) is 16.6. The third-order valence-corrected chi connectivity index (χ3v) is 3.95. The molecule has 0 unspecified atom stereocenters. The van der Waals surface area contributed by atoms with E-state index in [1.165, 1.54) is 7.11 Å². The quantitative estimate of drug-likeness (QED) is 0.839. The van der Waals surface area contributed by atoms with Gasteiger partial charge < -0.3 is 20.1 Å². The van der Waals surface area contributed by atoms with Crippen LogP contribution in [0.1, 0.15) is 10.4 Å². The number of hydrogen-bond donors (Lipinski definition) is 2. The molecule has 0 spiro atoms. The van der Waals surface area contributed by atoms with E-state index in [-0.39, 0.29) is 6.03 Å². The lowest BCUT2D eigenvalue weighted by Crippen LogP contribution is -2.41. The molecular formula is C18H19N3O4. The van der Waals surface area contributed by atoms with Crippen LogP contribution >= 0.6 is 0 Å². The summed E-state index contributed by atoms with van der Waals surface area (Å²) < 4.78 is 9.84. The van der Waals surface area contributed by atoms with E-state index in [2.05, 4.69) is 10.6 Å². The predicted octanol–water partition coefficient (Wildman–Crippen LogP) is 2.95. The molecule has 2 N–H and O–H groups in total. The number of rotatable bonds is 3. The number of carbonyl (C=O) groups excluding carboxylic acids is 2. The lowest BCUT2D eigenvalue weighted by Gasteiger charge is -2.30. The molecule has 0 aromatic heterocycles. The molecule has 1 aliphatic heterocycles. The van der Waals surface area contributed by atoms with Gasteiger partial charge in [-0.2, -0.15) is 0 Å². The second-order valence-electron chi connectivity index (χ2n) is 5.46. The summed E-state index contributed by atoms with van der Waals surface area (Å²) in [5.41, 5.74) is 2.55. The fraction of sp³-hybridized carbons (Fsp3) is 0.222. The van der Waals surface area contributed by atoms with Gasteiger partial charge in [-0.15, -0.1) is 0 Å². The number of methoxy groups -OCH3 is 2. The highest BCUT2D eigenvalue weighted by Crippen LogP contribution is 2.31. The Morgan fingerprint density at radius 3 is 2.56 bits per heavy atom. The lowest BCUT2D eigenvalue weighted by atomic mass is 10.1. The first-order chi connectivity index (χ1) is 12.1. The number of anilines is 3. The van der Waals surface area contributed by atoms with Gasteiger partial charge in [0.15, 0.2) is 0 Å². The van der Waals surface area contributed by atoms with Crippen molar-refractivity contribution in [2.75, 3.05) is 42.8 Å². The molecule has 2 aromatic rings. The number of amides is 2. The Balaban J connectivity index is 1.79. The van der Waals surface area contributed by atoms with Crippen molar-refractivity contribution in [2.45, 2.75) is 0 Å². The van der Waals surface area contributed by atoms with Crippen LogP contribution < -0.4 is 20.3 Å². The van der Waals surface area contributed by atoms with E-state index in [9.17, 15) is 9.59 Å². The molecule has 0 saturated carbocycles. The Morgan fingerprint density at radius 1 is 1.12 bits per heavy atom. The highest BCUT2D eigenvalue weighted by atomic mass is 16.5. The van der Waals surface area contributed by atoms with Crippen LogP contribution in [0, 0.1) is 0 Å². The lowest BCUT2D eigenvalue weighted by molar-refractivity contribution is 0.0601. The summed E-state index contributed by atoms with van der Waals surface area (Å²) >= 11 is 0. The van der Waals surface area contributed by atoms with Crippen molar-refractivity contribution in [2.24, 2.45) is 0 Å². The molecule has 1 aliphatic rings. The molecule has 0 radical (unpaired) electrons. The average Bonchev–Trinajstić information content (AvgIpc) is 2.66. The number of nitrogens with one attached hydrogen (secondary N) is 2. The fourth-order valence-electron chi connectivity index (χ4n) is 2.66. The van der Waals surface area contributed by atoms with Crippen molar-refractivity contribution in [3.63, 3.8) is 0 Å². The smallest absolute Gasteiger partial charge is 0.337 e. The van der Waals surface area contributed by atoms with Crippen molar-refractivity contribution in [1.82, 2.24) is 0 Å². The van der Waals surface area contributed by atoms with Gasteiger partial charge >= 0.3 is 12.0 Å². The van der Waals surface area contributed by atoms with Gasteiger partial charge in [-0.05, 0) is 42.5 Å². The average molecular weight is 341 g/mol. The van der Waals surface area contributed by atoms with Crippen molar-refractivity contribution in [1.29, 1.82) is 0 Å². The number of benzene rings is 2. The second-order valence-corrected chi connectivity index (χ2v) is 5.46. The maximum Gasteiger partial charge on any atom is 0.337 e. The molecule has 0 saturated heterocycles. The van der Waals surface area contributed by atoms with Gasteiger partial charge in [0.1, 0.15) is 5.75 Å². The Labute approximate surface area is 145 Å². The van der Waals surface area contributed by atoms with E-state index >= 15 is 0 Å². The van der Waals surface area contributed by atoms with Gasteiger partial charge in [0.25, 0.3) is 0 Å². The number of hydrogen-bond acceptors (Lipinski definition) is 5. The highest BCUT2D eigenvalue weighted by Gasteiger charge is 2.23. The molecule has 2 aromatic carbocycles. The van der Waals surface area contributed by atoms with E-state index < -0.39 is 5.97 Å². The van der Waals surface area contributed by atoms with Crippen molar-refractivity contribution < 1.29 is 19.1 Å². The molecule has 2 amide bonds. The number of fused-ring (bicyclic) bond motifs is 1. The van der Waals surface area contributed by atoms with Gasteiger partial charge in [0, 0.05) is 18.8 Å². The van der Waals surface area contributed by atoms with Crippen LogP contribution in [0.5, 0.6) is 5.75 Å². The Kier molecular flexibility index (Phi) is 4.74. The first-order valence-electron chi connectivity index (χ1n) is 7.81. The molecule has 25 heavy (non-hydrogen) atoms. The zero-order valence-electron chi connectivity index (χ0n) is 14.0. The maximum atomic E-state index is 12.6. The summed E-state index contributed by atoms with van der Waals surface area (Å²) in [6.07, 6.45) is 0. The van der Waals surface area contributed by atoms with Gasteiger partial charge in [-0.25, -0.2) is 9.59 Å². The molecule has 7 heteroatoms. The Bertz CT molecular complexity index is 789. The van der Waals surface area contributed by atoms with Crippen LogP contribution in [0.4, 0.5) is 21.9 Å². The highest BCUT2D eigenvalue weighted by molar-refractivity contribution is 6.05. The number of ether oxygens (including phenoxy) is 2. The third kappa shape index (κ3) is 3.50. The standard InChI is InChI=1S/C18H19N3O4/c1-24-14-6-4-13(5-7-14)20-18(23)21-10-9-19-15-11-12(17(22)25-2)3-8-16(15)21/h3-8,11,19H,9-10H2,1-2H3,(H,20,23). The van der Waals surface area contributed by atoms with Crippen molar-refractivity contribution in [3.05, 3.63) is 48.0 Å². The Morgan fingerprint density at radius 2 is 1.88 bits per heavy atom. The number of nitrogens with zero attached hydrogens (tertiary/aromatic N) is 1. The second kappa shape index (κ2) is 7.12. The largest absolute Gasteiger partial charge is 0.497 e. The molecule has 0 fully saturated rings. The molecule has 3 rings (SSSR count). The van der Waals surface area contributed by atoms with Crippen LogP contribution in [0.15, 0.2) is 42.5 Å². The molecule has 0 aliphatic carbocycles. The maximum absolute atomic E-state index is 12.6. The van der Waals surface area contributed by atoms with Crippen LogP contribution in [0.3, 0.4) is 0 Å². The normalized spacial score (nSPS) is 12.6. The van der Waals surface area contributed by atoms with E-state index in [4.69, 9.17) is 9.47 Å². The minimum Gasteiger partial charge on any atom is -0.497 e. The zero-order chi connectivity index (χ0) is 17.8. The summed E-state index contributed by atoms with van der Waals surface area (Å²) in [7, 11) is 2.93. The van der Waals surface area contributed by atoms with E-state index in [1.54, 1.807) is 54.5 Å². The molecule has 0 atom stereocenters. The summed E-state index contributed by atoms with van der Waals surface area (Å²) in [5.74, 6) is 0.310. The monoisotopic (exact) mass is 341 g/mol. The Hall–Kier alpha value is -3.22. The van der Waals surface area contributed by atoms with Crippen molar-refractivity contribution >= 4 is 29.1 Å². The van der Waals surface area contributed by atoms with E-state index in [0.29, 0.717) is 30.0 Å². The fourth-order valence-corrected chi connectivity index (χ4v) is 2.66. The summed E-state index contributed by atoms with van der Waals surface area (Å²) in [6, 6.07) is 12.0. The summed E-state index contributed by atoms with van der Waals surface area (Å²) in [5, 5.41) is 6.06. The van der Waals surface area contributed by atoms with E-state index in [0.717, 1.165) is 11.4 Å². The summed E-state index contributed by atoms with van der Waals surface area (Å²) in [4.78, 5) is 25.9. The van der Waals surface area contributed by atoms with Crippen LogP contribution in [-0.4, -0.2) is 39.3 Å². The SMILES string of the molecule is COC(=O)c1ccc2c(c1)NCCN2C(=O)Nc1ccc(OC)cc1. The van der Waals surface area contributed by atoms with E-state index in [1.807, 2.05) is 0 Å². The van der Waals surface area contributed by atoms with Gasteiger partial charge in [0.05, 0.1) is 31.2 Å². The molecule has 7 nitrogen and oxygen atoms in total. The van der Waals surface area contributed by atoms with Gasteiger partial charge in [-0.3, -0.25) is 4.90 Å². The molecular weight excluding hydrogens is 322 g/mol. The number of urea groups is 1. The minimum atomic E-state index is -0.413. The van der Waals surface area contributed by atoms with Crippen LogP contribution in [-0.2, 0) is 4.74 Å². The topological polar surface area (TPSA) is 79.9 Å². The molecule has 130 valence electrons. The van der Waals surface area contributed by atoms with Crippen LogP contribution in [0.25, 0.3) is 0 Å².